The van der Waals surface area contributed by atoms with Crippen LogP contribution in [0, 0.1) is 0 Å². The van der Waals surface area contributed by atoms with Crippen molar-refractivity contribution in [2.45, 2.75) is 18.9 Å². The van der Waals surface area contributed by atoms with E-state index in [1.165, 1.54) is 5.56 Å². The fraction of sp³-hybridized carbons (Fsp3) is 0.409. The van der Waals surface area contributed by atoms with E-state index >= 15 is 0 Å². The lowest BCUT2D eigenvalue weighted by atomic mass is 10.0. The summed E-state index contributed by atoms with van der Waals surface area (Å²) < 4.78 is 6.07. The van der Waals surface area contributed by atoms with Gasteiger partial charge in [0.25, 0.3) is 0 Å². The SMILES string of the molecule is Cl.Cl.NCCCC(=O)N1CCN(C(COc2ccccc2)c2ccccc2)CC1. The predicted molar refractivity (Wildman–Crippen MR) is 122 cm³/mol. The lowest BCUT2D eigenvalue weighted by molar-refractivity contribution is -0.133. The number of carbonyl (C=O) groups is 1. The summed E-state index contributed by atoms with van der Waals surface area (Å²) >= 11 is 0. The van der Waals surface area contributed by atoms with Gasteiger partial charge >= 0.3 is 0 Å². The van der Waals surface area contributed by atoms with E-state index < -0.39 is 0 Å². The molecule has 0 aromatic heterocycles. The summed E-state index contributed by atoms with van der Waals surface area (Å²) in [5.41, 5.74) is 6.77. The molecule has 3 rings (SSSR count). The molecule has 1 heterocycles. The van der Waals surface area contributed by atoms with E-state index in [1.807, 2.05) is 41.3 Å². The number of rotatable bonds is 8. The van der Waals surface area contributed by atoms with Crippen LogP contribution in [0.2, 0.25) is 0 Å². The van der Waals surface area contributed by atoms with Gasteiger partial charge in [-0.05, 0) is 30.7 Å². The number of hydrogen-bond acceptors (Lipinski definition) is 4. The number of nitrogens with two attached hydrogens (primary N) is 1. The summed E-state index contributed by atoms with van der Waals surface area (Å²) in [7, 11) is 0. The maximum atomic E-state index is 12.2. The molecule has 0 spiro atoms. The maximum Gasteiger partial charge on any atom is 0.222 e. The van der Waals surface area contributed by atoms with Crippen LogP contribution in [0.4, 0.5) is 0 Å². The van der Waals surface area contributed by atoms with Crippen molar-refractivity contribution in [3.8, 4) is 5.75 Å². The van der Waals surface area contributed by atoms with Gasteiger partial charge in [-0.3, -0.25) is 9.69 Å². The molecule has 1 amide bonds. The standard InChI is InChI=1S/C22H29N3O2.2ClH/c23-13-7-12-22(26)25-16-14-24(15-17-25)21(19-8-3-1-4-9-19)18-27-20-10-5-2-6-11-20;;/h1-6,8-11,21H,7,12-18,23H2;2*1H. The predicted octanol–water partition coefficient (Wildman–Crippen LogP) is 3.53. The van der Waals surface area contributed by atoms with Gasteiger partial charge in [-0.1, -0.05) is 48.5 Å². The molecule has 1 aliphatic rings. The summed E-state index contributed by atoms with van der Waals surface area (Å²) in [6, 6.07) is 20.6. The number of nitrogens with zero attached hydrogens (tertiary/aromatic N) is 2. The van der Waals surface area contributed by atoms with Crippen molar-refractivity contribution in [1.82, 2.24) is 9.80 Å². The highest BCUT2D eigenvalue weighted by Gasteiger charge is 2.27. The molecular weight excluding hydrogens is 409 g/mol. The number of halogens is 2. The Morgan fingerprint density at radius 3 is 2.10 bits per heavy atom. The maximum absolute atomic E-state index is 12.2. The van der Waals surface area contributed by atoms with Gasteiger partial charge in [0.2, 0.25) is 5.91 Å². The van der Waals surface area contributed by atoms with Gasteiger partial charge < -0.3 is 15.4 Å². The number of benzene rings is 2. The first-order valence-electron chi connectivity index (χ1n) is 9.72. The quantitative estimate of drug-likeness (QED) is 0.683. The molecule has 2 N–H and O–H groups in total. The van der Waals surface area contributed by atoms with Crippen LogP contribution in [0.25, 0.3) is 0 Å². The molecule has 1 unspecified atom stereocenters. The Bertz CT molecular complexity index is 696. The molecule has 1 fully saturated rings. The van der Waals surface area contributed by atoms with Gasteiger partial charge in [-0.15, -0.1) is 24.8 Å². The second-order valence-electron chi connectivity index (χ2n) is 6.86. The molecular formula is C22H31Cl2N3O2. The molecule has 0 aliphatic carbocycles. The van der Waals surface area contributed by atoms with Gasteiger partial charge in [-0.25, -0.2) is 0 Å². The third-order valence-corrected chi connectivity index (χ3v) is 5.04. The molecule has 2 aromatic carbocycles. The van der Waals surface area contributed by atoms with Crippen LogP contribution in [-0.2, 0) is 4.79 Å². The van der Waals surface area contributed by atoms with Gasteiger partial charge in [0, 0.05) is 32.6 Å². The van der Waals surface area contributed by atoms with E-state index in [-0.39, 0.29) is 36.8 Å². The van der Waals surface area contributed by atoms with Crippen LogP contribution < -0.4 is 10.5 Å². The number of carbonyl (C=O) groups excluding carboxylic acids is 1. The largest absolute Gasteiger partial charge is 0.492 e. The monoisotopic (exact) mass is 439 g/mol. The van der Waals surface area contributed by atoms with Crippen LogP contribution >= 0.6 is 24.8 Å². The molecule has 0 bridgehead atoms. The van der Waals surface area contributed by atoms with Crippen molar-refractivity contribution in [1.29, 1.82) is 0 Å². The fourth-order valence-corrected chi connectivity index (χ4v) is 3.47. The van der Waals surface area contributed by atoms with E-state index in [2.05, 4.69) is 29.2 Å². The van der Waals surface area contributed by atoms with Crippen molar-refractivity contribution in [2.24, 2.45) is 5.73 Å². The zero-order valence-corrected chi connectivity index (χ0v) is 18.2. The lowest BCUT2D eigenvalue weighted by Gasteiger charge is -2.39. The molecule has 29 heavy (non-hydrogen) atoms. The molecule has 2 aromatic rings. The van der Waals surface area contributed by atoms with Gasteiger partial charge in [0.1, 0.15) is 12.4 Å². The minimum Gasteiger partial charge on any atom is -0.492 e. The van der Waals surface area contributed by atoms with Gasteiger partial charge in [0.05, 0.1) is 6.04 Å². The number of ether oxygens (including phenoxy) is 1. The molecule has 0 radical (unpaired) electrons. The summed E-state index contributed by atoms with van der Waals surface area (Å²) in [5, 5.41) is 0. The normalized spacial score (nSPS) is 15.0. The van der Waals surface area contributed by atoms with Crippen molar-refractivity contribution in [3.05, 3.63) is 66.2 Å². The average molecular weight is 440 g/mol. The van der Waals surface area contributed by atoms with E-state index in [0.717, 1.165) is 38.3 Å². The van der Waals surface area contributed by atoms with E-state index in [9.17, 15) is 4.79 Å². The van der Waals surface area contributed by atoms with Crippen LogP contribution in [-0.4, -0.2) is 55.0 Å². The smallest absolute Gasteiger partial charge is 0.222 e. The van der Waals surface area contributed by atoms with Crippen molar-refractivity contribution in [2.75, 3.05) is 39.3 Å². The molecule has 1 aliphatic heterocycles. The lowest BCUT2D eigenvalue weighted by Crippen LogP contribution is -2.50. The minimum atomic E-state index is 0. The Labute approximate surface area is 186 Å². The van der Waals surface area contributed by atoms with Crippen LogP contribution in [0.5, 0.6) is 5.75 Å². The summed E-state index contributed by atoms with van der Waals surface area (Å²) in [6.45, 7) is 4.39. The number of amides is 1. The second kappa shape index (κ2) is 13.4. The molecule has 1 atom stereocenters. The molecule has 160 valence electrons. The Hall–Kier alpha value is -1.79. The number of hydrogen-bond donors (Lipinski definition) is 1. The Kier molecular flexibility index (Phi) is 11.7. The summed E-state index contributed by atoms with van der Waals surface area (Å²) in [5.74, 6) is 1.10. The first kappa shape index (κ1) is 25.2. The van der Waals surface area contributed by atoms with E-state index in [4.69, 9.17) is 10.5 Å². The van der Waals surface area contributed by atoms with Gasteiger partial charge in [-0.2, -0.15) is 0 Å². The topological polar surface area (TPSA) is 58.8 Å². The van der Waals surface area contributed by atoms with Crippen LogP contribution in [0.3, 0.4) is 0 Å². The number of piperazine rings is 1. The van der Waals surface area contributed by atoms with Gasteiger partial charge in [0.15, 0.2) is 0 Å². The summed E-state index contributed by atoms with van der Waals surface area (Å²) in [6.07, 6.45) is 1.31. The Morgan fingerprint density at radius 1 is 0.931 bits per heavy atom. The highest BCUT2D eigenvalue weighted by atomic mass is 35.5. The summed E-state index contributed by atoms with van der Waals surface area (Å²) in [4.78, 5) is 16.6. The highest BCUT2D eigenvalue weighted by Crippen LogP contribution is 2.24. The van der Waals surface area contributed by atoms with Crippen molar-refractivity contribution in [3.63, 3.8) is 0 Å². The Morgan fingerprint density at radius 2 is 1.52 bits per heavy atom. The average Bonchev–Trinajstić information content (AvgIpc) is 2.74. The first-order chi connectivity index (χ1) is 13.3. The Balaban J connectivity index is 0.00000210. The molecule has 1 saturated heterocycles. The highest BCUT2D eigenvalue weighted by molar-refractivity contribution is 5.85. The number of para-hydroxylation sites is 1. The third kappa shape index (κ3) is 7.52. The molecule has 0 saturated carbocycles. The second-order valence-corrected chi connectivity index (χ2v) is 6.86. The fourth-order valence-electron chi connectivity index (χ4n) is 3.47. The van der Waals surface area contributed by atoms with Crippen LogP contribution in [0.15, 0.2) is 60.7 Å². The van der Waals surface area contributed by atoms with E-state index in [1.54, 1.807) is 0 Å². The minimum absolute atomic E-state index is 0. The molecule has 5 nitrogen and oxygen atoms in total. The molecule has 7 heteroatoms. The van der Waals surface area contributed by atoms with E-state index in [0.29, 0.717) is 19.6 Å². The zero-order valence-electron chi connectivity index (χ0n) is 16.6. The van der Waals surface area contributed by atoms with Crippen molar-refractivity contribution >= 4 is 30.7 Å². The third-order valence-electron chi connectivity index (χ3n) is 5.04. The van der Waals surface area contributed by atoms with Crippen LogP contribution in [0.1, 0.15) is 24.4 Å². The first-order valence-corrected chi connectivity index (χ1v) is 9.72. The van der Waals surface area contributed by atoms with Crippen molar-refractivity contribution < 1.29 is 9.53 Å². The zero-order chi connectivity index (χ0) is 18.9.